The van der Waals surface area contributed by atoms with E-state index in [1.54, 1.807) is 11.9 Å². The van der Waals surface area contributed by atoms with Crippen molar-refractivity contribution in [3.63, 3.8) is 0 Å². The lowest BCUT2D eigenvalue weighted by molar-refractivity contribution is 0.00701. The average molecular weight is 496 g/mol. The quantitative estimate of drug-likeness (QED) is 0.344. The van der Waals surface area contributed by atoms with Crippen molar-refractivity contribution in [1.82, 2.24) is 25.3 Å². The van der Waals surface area contributed by atoms with Crippen LogP contribution in [0.3, 0.4) is 0 Å². The molecule has 27 heavy (non-hydrogen) atoms. The third-order valence-corrected chi connectivity index (χ3v) is 4.63. The summed E-state index contributed by atoms with van der Waals surface area (Å²) in [5, 5.41) is 6.75. The Morgan fingerprint density at radius 3 is 2.52 bits per heavy atom. The van der Waals surface area contributed by atoms with Crippen molar-refractivity contribution in [1.29, 1.82) is 0 Å². The Bertz CT molecular complexity index is 491. The van der Waals surface area contributed by atoms with Crippen molar-refractivity contribution in [3.05, 3.63) is 0 Å². The molecule has 2 rings (SSSR count). The molecule has 0 saturated carbocycles. The zero-order valence-electron chi connectivity index (χ0n) is 17.5. The number of ether oxygens (including phenoxy) is 1. The number of guanidine groups is 1. The van der Waals surface area contributed by atoms with Crippen molar-refractivity contribution >= 4 is 36.0 Å². The van der Waals surface area contributed by atoms with E-state index in [4.69, 9.17) is 4.74 Å². The van der Waals surface area contributed by atoms with Crippen molar-refractivity contribution in [2.24, 2.45) is 4.99 Å². The van der Waals surface area contributed by atoms with Crippen LogP contribution in [-0.4, -0.2) is 105 Å². The Hall–Kier alpha value is -0.810. The Kier molecular flexibility index (Phi) is 10.1. The zero-order chi connectivity index (χ0) is 19.2. The maximum Gasteiger partial charge on any atom is 0.410 e. The number of amides is 1. The normalized spacial score (nSPS) is 20.3. The largest absolute Gasteiger partial charge is 0.444 e. The van der Waals surface area contributed by atoms with E-state index >= 15 is 0 Å². The molecule has 8 nitrogen and oxygen atoms in total. The van der Waals surface area contributed by atoms with E-state index in [0.29, 0.717) is 13.1 Å². The van der Waals surface area contributed by atoms with E-state index in [0.717, 1.165) is 38.7 Å². The molecule has 2 heterocycles. The highest BCUT2D eigenvalue weighted by Crippen LogP contribution is 2.15. The van der Waals surface area contributed by atoms with Gasteiger partial charge in [-0.25, -0.2) is 4.79 Å². The molecule has 2 fully saturated rings. The summed E-state index contributed by atoms with van der Waals surface area (Å²) < 4.78 is 5.38. The van der Waals surface area contributed by atoms with Gasteiger partial charge in [-0.05, 0) is 47.3 Å². The van der Waals surface area contributed by atoms with Gasteiger partial charge < -0.3 is 30.1 Å². The number of hydrogen-bond donors (Lipinski definition) is 2. The summed E-state index contributed by atoms with van der Waals surface area (Å²) in [6.45, 7) is 13.4. The average Bonchev–Trinajstić information content (AvgIpc) is 2.71. The predicted molar refractivity (Wildman–Crippen MR) is 120 cm³/mol. The van der Waals surface area contributed by atoms with E-state index in [2.05, 4.69) is 32.5 Å². The van der Waals surface area contributed by atoms with Gasteiger partial charge in [0.25, 0.3) is 0 Å². The second kappa shape index (κ2) is 11.3. The molecule has 158 valence electrons. The predicted octanol–water partition coefficient (Wildman–Crippen LogP) is 1.03. The third kappa shape index (κ3) is 8.82. The van der Waals surface area contributed by atoms with Gasteiger partial charge in [0.2, 0.25) is 0 Å². The highest BCUT2D eigenvalue weighted by Gasteiger charge is 2.34. The lowest BCUT2D eigenvalue weighted by Crippen LogP contribution is -2.63. The molecule has 0 spiro atoms. The van der Waals surface area contributed by atoms with Gasteiger partial charge in [0.1, 0.15) is 5.60 Å². The van der Waals surface area contributed by atoms with Crippen LogP contribution in [-0.2, 0) is 4.74 Å². The number of nitrogens with one attached hydrogen (secondary N) is 2. The molecule has 9 heteroatoms. The molecule has 0 atom stereocenters. The third-order valence-electron chi connectivity index (χ3n) is 4.63. The Morgan fingerprint density at radius 1 is 1.19 bits per heavy atom. The molecular formula is C18H37IN6O2. The standard InChI is InChI=1S/C18H36N6O2.HI/c1-18(2,3)26-17(25)24-13-15(14-24)21-16(19-4)20-7-10-23-9-6-8-22(5)11-12-23;/h15H,6-14H2,1-5H3,(H2,19,20,21);1H. The number of rotatable bonds is 4. The highest BCUT2D eigenvalue weighted by molar-refractivity contribution is 14.0. The molecule has 0 aromatic carbocycles. The molecule has 2 aliphatic rings. The van der Waals surface area contributed by atoms with Crippen LogP contribution >= 0.6 is 24.0 Å². The zero-order valence-corrected chi connectivity index (χ0v) is 19.8. The smallest absolute Gasteiger partial charge is 0.410 e. The first-order valence-corrected chi connectivity index (χ1v) is 9.63. The van der Waals surface area contributed by atoms with Crippen molar-refractivity contribution < 1.29 is 9.53 Å². The van der Waals surface area contributed by atoms with Crippen LogP contribution in [0.2, 0.25) is 0 Å². The molecule has 0 radical (unpaired) electrons. The highest BCUT2D eigenvalue weighted by atomic mass is 127. The first-order valence-electron chi connectivity index (χ1n) is 9.63. The van der Waals surface area contributed by atoms with E-state index in [9.17, 15) is 4.79 Å². The first-order chi connectivity index (χ1) is 12.3. The summed E-state index contributed by atoms with van der Waals surface area (Å²) >= 11 is 0. The van der Waals surface area contributed by atoms with Crippen molar-refractivity contribution in [2.45, 2.75) is 38.8 Å². The van der Waals surface area contributed by atoms with Gasteiger partial charge in [0.15, 0.2) is 5.96 Å². The number of nitrogens with zero attached hydrogens (tertiary/aromatic N) is 4. The van der Waals surface area contributed by atoms with Crippen molar-refractivity contribution in [3.8, 4) is 0 Å². The fraction of sp³-hybridized carbons (Fsp3) is 0.889. The lowest BCUT2D eigenvalue weighted by Gasteiger charge is -2.40. The summed E-state index contributed by atoms with van der Waals surface area (Å²) in [5.41, 5.74) is -0.449. The Labute approximate surface area is 181 Å². The summed E-state index contributed by atoms with van der Waals surface area (Å²) in [5.74, 6) is 0.797. The van der Waals surface area contributed by atoms with Gasteiger partial charge in [0.05, 0.1) is 6.04 Å². The van der Waals surface area contributed by atoms with Crippen LogP contribution < -0.4 is 10.6 Å². The van der Waals surface area contributed by atoms with Gasteiger partial charge in [-0.2, -0.15) is 0 Å². The number of halogens is 1. The number of aliphatic imine (C=N–C) groups is 1. The minimum atomic E-state index is -0.449. The Balaban J connectivity index is 0.00000364. The topological polar surface area (TPSA) is 72.4 Å². The van der Waals surface area contributed by atoms with Crippen LogP contribution in [0.15, 0.2) is 4.99 Å². The molecule has 0 bridgehead atoms. The molecule has 0 aromatic rings. The van der Waals surface area contributed by atoms with Crippen LogP contribution in [0.4, 0.5) is 4.79 Å². The Morgan fingerprint density at radius 2 is 1.89 bits per heavy atom. The SMILES string of the molecule is CN=C(NCCN1CCCN(C)CC1)NC1CN(C(=O)OC(C)(C)C)C1.I. The van der Waals surface area contributed by atoms with Crippen LogP contribution in [0, 0.1) is 0 Å². The lowest BCUT2D eigenvalue weighted by atomic mass is 10.1. The summed E-state index contributed by atoms with van der Waals surface area (Å²) in [4.78, 5) is 22.8. The van der Waals surface area contributed by atoms with Crippen LogP contribution in [0.25, 0.3) is 0 Å². The fourth-order valence-electron chi connectivity index (χ4n) is 3.09. The van der Waals surface area contributed by atoms with E-state index < -0.39 is 5.60 Å². The maximum atomic E-state index is 12.0. The fourth-order valence-corrected chi connectivity index (χ4v) is 3.09. The molecule has 2 N–H and O–H groups in total. The summed E-state index contributed by atoms with van der Waals surface area (Å²) in [6, 6.07) is 0.223. The monoisotopic (exact) mass is 496 g/mol. The van der Waals surface area contributed by atoms with Gasteiger partial charge in [-0.1, -0.05) is 0 Å². The molecule has 1 amide bonds. The number of carbonyl (C=O) groups is 1. The van der Waals surface area contributed by atoms with Crippen molar-refractivity contribution in [2.75, 3.05) is 66.5 Å². The number of carbonyl (C=O) groups excluding carboxylic acids is 1. The van der Waals surface area contributed by atoms with E-state index in [1.165, 1.54) is 13.0 Å². The number of hydrogen-bond acceptors (Lipinski definition) is 5. The van der Waals surface area contributed by atoms with E-state index in [-0.39, 0.29) is 36.1 Å². The molecule has 0 unspecified atom stereocenters. The molecule has 2 saturated heterocycles. The van der Waals surface area contributed by atoms with Gasteiger partial charge in [0, 0.05) is 46.3 Å². The van der Waals surface area contributed by atoms with Crippen LogP contribution in [0.1, 0.15) is 27.2 Å². The summed E-state index contributed by atoms with van der Waals surface area (Å²) in [6.07, 6.45) is 0.983. The first kappa shape index (κ1) is 24.2. The van der Waals surface area contributed by atoms with Gasteiger partial charge in [-0.3, -0.25) is 4.99 Å². The summed E-state index contributed by atoms with van der Waals surface area (Å²) in [7, 11) is 3.97. The van der Waals surface area contributed by atoms with E-state index in [1.807, 2.05) is 20.8 Å². The molecular weight excluding hydrogens is 459 g/mol. The van der Waals surface area contributed by atoms with Gasteiger partial charge in [-0.15, -0.1) is 24.0 Å². The minimum absolute atomic E-state index is 0. The maximum absolute atomic E-state index is 12.0. The van der Waals surface area contributed by atoms with Crippen LogP contribution in [0.5, 0.6) is 0 Å². The molecule has 2 aliphatic heterocycles. The second-order valence-corrected chi connectivity index (χ2v) is 8.22. The molecule has 0 aromatic heterocycles. The second-order valence-electron chi connectivity index (χ2n) is 8.22. The number of likely N-dealkylation sites (N-methyl/N-ethyl adjacent to an activating group) is 1. The number of likely N-dealkylation sites (tertiary alicyclic amines) is 1. The molecule has 0 aliphatic carbocycles. The van der Waals surface area contributed by atoms with Gasteiger partial charge >= 0.3 is 6.09 Å². The minimum Gasteiger partial charge on any atom is -0.444 e.